The summed E-state index contributed by atoms with van der Waals surface area (Å²) in [5.74, 6) is -0.0927. The topological polar surface area (TPSA) is 109 Å². The molecular formula is C25H25FN6O3S. The highest BCUT2D eigenvalue weighted by Gasteiger charge is 2.23. The highest BCUT2D eigenvalue weighted by Crippen LogP contribution is 2.33. The van der Waals surface area contributed by atoms with Crippen molar-refractivity contribution in [3.63, 3.8) is 0 Å². The highest BCUT2D eigenvalue weighted by atomic mass is 32.2. The van der Waals surface area contributed by atoms with E-state index in [0.717, 1.165) is 31.9 Å². The van der Waals surface area contributed by atoms with Crippen LogP contribution in [0.3, 0.4) is 0 Å². The zero-order chi connectivity index (χ0) is 25.2. The van der Waals surface area contributed by atoms with Gasteiger partial charge in [0.15, 0.2) is 5.82 Å². The quantitative estimate of drug-likeness (QED) is 0.384. The van der Waals surface area contributed by atoms with Gasteiger partial charge < -0.3 is 19.5 Å². The van der Waals surface area contributed by atoms with E-state index >= 15 is 0 Å². The molecule has 36 heavy (non-hydrogen) atoms. The minimum atomic E-state index is -0.959. The Bertz CT molecular complexity index is 1390. The predicted octanol–water partition coefficient (Wildman–Crippen LogP) is 3.44. The number of rotatable bonds is 6. The van der Waals surface area contributed by atoms with Crippen LogP contribution in [0.4, 0.5) is 15.9 Å². The van der Waals surface area contributed by atoms with Crippen molar-refractivity contribution < 1.29 is 18.5 Å². The Labute approximate surface area is 210 Å². The average Bonchev–Trinajstić information content (AvgIpc) is 3.30. The van der Waals surface area contributed by atoms with Gasteiger partial charge in [0.1, 0.15) is 17.8 Å². The fraction of sp³-hybridized carbons (Fsp3) is 0.240. The first-order valence-corrected chi connectivity index (χ1v) is 12.9. The third-order valence-corrected chi connectivity index (χ3v) is 7.32. The Morgan fingerprint density at radius 3 is 2.61 bits per heavy atom. The maximum atomic E-state index is 14.6. The summed E-state index contributed by atoms with van der Waals surface area (Å²) in [7, 11) is 1.47. The SMILES string of the molecule is COc1cccc(F)c1-c1cc2c(NC(=O)c3ccc(N4CCN([S+](C)[O-])CC4)cc3)n[nH]c2cn1. The van der Waals surface area contributed by atoms with E-state index in [1.165, 1.54) is 13.2 Å². The first kappa shape index (κ1) is 24.0. The number of carbonyl (C=O) groups excluding carboxylic acids is 1. The standard InChI is InChI=1S/C25H25FN6O3S/c1-35-22-5-3-4-19(26)23(22)20-14-18-21(15-27-20)29-30-24(18)28-25(33)16-6-8-17(9-7-16)31-10-12-32(13-11-31)36(2)34/h3-9,14-15H,10-13H2,1-2H3,(H2,28,29,30,33). The second-order valence-corrected chi connectivity index (χ2v) is 9.71. The van der Waals surface area contributed by atoms with Crippen LogP contribution in [0.1, 0.15) is 10.4 Å². The number of nitrogens with one attached hydrogen (secondary N) is 2. The molecular weight excluding hydrogens is 483 g/mol. The molecule has 0 bridgehead atoms. The van der Waals surface area contributed by atoms with E-state index in [4.69, 9.17) is 4.74 Å². The molecule has 4 aromatic rings. The number of piperazine rings is 1. The fourth-order valence-corrected chi connectivity index (χ4v) is 4.96. The Morgan fingerprint density at radius 1 is 1.17 bits per heavy atom. The number of benzene rings is 2. The van der Waals surface area contributed by atoms with Gasteiger partial charge in [-0.1, -0.05) is 6.07 Å². The molecule has 2 N–H and O–H groups in total. The summed E-state index contributed by atoms with van der Waals surface area (Å²) in [5.41, 5.74) is 2.70. The highest BCUT2D eigenvalue weighted by molar-refractivity contribution is 7.88. The van der Waals surface area contributed by atoms with E-state index in [0.29, 0.717) is 33.7 Å². The molecule has 3 heterocycles. The van der Waals surface area contributed by atoms with E-state index in [2.05, 4.69) is 25.4 Å². The molecule has 1 aliphatic rings. The van der Waals surface area contributed by atoms with Crippen LogP contribution in [-0.2, 0) is 11.4 Å². The van der Waals surface area contributed by atoms with Crippen molar-refractivity contribution in [2.24, 2.45) is 0 Å². The Kier molecular flexibility index (Phi) is 6.77. The number of aromatic amines is 1. The molecule has 1 atom stereocenters. The summed E-state index contributed by atoms with van der Waals surface area (Å²) in [5, 5.41) is 10.5. The molecule has 0 aliphatic carbocycles. The largest absolute Gasteiger partial charge is 0.598 e. The number of hydrogen-bond donors (Lipinski definition) is 2. The van der Waals surface area contributed by atoms with E-state index in [1.54, 1.807) is 42.8 Å². The molecule has 1 unspecified atom stereocenters. The summed E-state index contributed by atoms with van der Waals surface area (Å²) < 4.78 is 33.5. The van der Waals surface area contributed by atoms with Crippen LogP contribution >= 0.6 is 0 Å². The van der Waals surface area contributed by atoms with Crippen LogP contribution < -0.4 is 15.0 Å². The molecule has 1 amide bonds. The van der Waals surface area contributed by atoms with Crippen molar-refractivity contribution in [1.82, 2.24) is 19.5 Å². The summed E-state index contributed by atoms with van der Waals surface area (Å²) in [6.07, 6.45) is 3.24. The first-order valence-electron chi connectivity index (χ1n) is 11.4. The zero-order valence-electron chi connectivity index (χ0n) is 19.8. The van der Waals surface area contributed by atoms with Gasteiger partial charge in [0, 0.05) is 41.1 Å². The van der Waals surface area contributed by atoms with Crippen LogP contribution in [0, 0.1) is 5.82 Å². The third kappa shape index (κ3) is 4.72. The van der Waals surface area contributed by atoms with Gasteiger partial charge >= 0.3 is 0 Å². The molecule has 5 rings (SSSR count). The number of carbonyl (C=O) groups is 1. The summed E-state index contributed by atoms with van der Waals surface area (Å²) in [6, 6.07) is 13.6. The van der Waals surface area contributed by atoms with Crippen molar-refractivity contribution in [2.75, 3.05) is 49.8 Å². The molecule has 2 aromatic heterocycles. The van der Waals surface area contributed by atoms with Gasteiger partial charge in [0.25, 0.3) is 5.91 Å². The van der Waals surface area contributed by atoms with Gasteiger partial charge in [0.2, 0.25) is 0 Å². The summed E-state index contributed by atoms with van der Waals surface area (Å²) in [4.78, 5) is 19.5. The minimum Gasteiger partial charge on any atom is -0.598 e. The number of pyridine rings is 1. The molecule has 11 heteroatoms. The summed E-state index contributed by atoms with van der Waals surface area (Å²) in [6.45, 7) is 3.00. The monoisotopic (exact) mass is 508 g/mol. The number of H-pyrrole nitrogens is 1. The molecule has 1 fully saturated rings. The second kappa shape index (κ2) is 10.1. The normalized spacial score (nSPS) is 15.2. The lowest BCUT2D eigenvalue weighted by Gasteiger charge is -2.34. The van der Waals surface area contributed by atoms with Crippen LogP contribution in [0.25, 0.3) is 22.2 Å². The van der Waals surface area contributed by atoms with Crippen molar-refractivity contribution in [3.05, 3.63) is 66.1 Å². The van der Waals surface area contributed by atoms with Crippen molar-refractivity contribution in [3.8, 4) is 17.0 Å². The molecule has 0 spiro atoms. The number of aromatic nitrogens is 3. The minimum absolute atomic E-state index is 0.238. The van der Waals surface area contributed by atoms with Crippen LogP contribution in [0.5, 0.6) is 5.75 Å². The number of halogens is 1. The lowest BCUT2D eigenvalue weighted by molar-refractivity contribution is 0.102. The lowest BCUT2D eigenvalue weighted by atomic mass is 10.1. The van der Waals surface area contributed by atoms with Crippen LogP contribution in [0.2, 0.25) is 0 Å². The third-order valence-electron chi connectivity index (χ3n) is 6.23. The Hall–Kier alpha value is -3.67. The molecule has 2 aromatic carbocycles. The Morgan fingerprint density at radius 2 is 1.92 bits per heavy atom. The molecule has 0 radical (unpaired) electrons. The van der Waals surface area contributed by atoms with E-state index in [9.17, 15) is 13.7 Å². The molecule has 1 aliphatic heterocycles. The molecule has 9 nitrogen and oxygen atoms in total. The maximum Gasteiger partial charge on any atom is 0.256 e. The molecule has 0 saturated carbocycles. The summed E-state index contributed by atoms with van der Waals surface area (Å²) >= 11 is -0.959. The predicted molar refractivity (Wildman–Crippen MR) is 138 cm³/mol. The van der Waals surface area contributed by atoms with Gasteiger partial charge in [-0.25, -0.2) is 4.39 Å². The second-order valence-electron chi connectivity index (χ2n) is 8.35. The van der Waals surface area contributed by atoms with Gasteiger partial charge in [-0.05, 0) is 42.5 Å². The van der Waals surface area contributed by atoms with Crippen LogP contribution in [-0.4, -0.2) is 69.5 Å². The van der Waals surface area contributed by atoms with Gasteiger partial charge in [-0.3, -0.25) is 14.9 Å². The maximum absolute atomic E-state index is 14.6. The number of hydrogen-bond acceptors (Lipinski definition) is 7. The van der Waals surface area contributed by atoms with E-state index < -0.39 is 17.2 Å². The van der Waals surface area contributed by atoms with Crippen molar-refractivity contribution >= 4 is 39.7 Å². The molecule has 1 saturated heterocycles. The average molecular weight is 509 g/mol. The molecule has 186 valence electrons. The van der Waals surface area contributed by atoms with E-state index in [1.807, 2.05) is 16.4 Å². The van der Waals surface area contributed by atoms with Gasteiger partial charge in [-0.15, -0.1) is 4.31 Å². The zero-order valence-corrected chi connectivity index (χ0v) is 20.6. The smallest absolute Gasteiger partial charge is 0.256 e. The number of ether oxygens (including phenoxy) is 1. The van der Waals surface area contributed by atoms with Crippen molar-refractivity contribution in [2.45, 2.75) is 0 Å². The first-order chi connectivity index (χ1) is 17.4. The number of methoxy groups -OCH3 is 1. The van der Waals surface area contributed by atoms with E-state index in [-0.39, 0.29) is 11.5 Å². The number of fused-ring (bicyclic) bond motifs is 1. The lowest BCUT2D eigenvalue weighted by Crippen LogP contribution is -2.48. The van der Waals surface area contributed by atoms with Crippen LogP contribution in [0.15, 0.2) is 54.7 Å². The van der Waals surface area contributed by atoms with Crippen molar-refractivity contribution in [1.29, 1.82) is 0 Å². The number of nitrogens with zero attached hydrogens (tertiary/aromatic N) is 4. The van der Waals surface area contributed by atoms with Gasteiger partial charge in [-0.2, -0.15) is 5.10 Å². The Balaban J connectivity index is 1.33. The fourth-order valence-electron chi connectivity index (χ4n) is 4.28. The van der Waals surface area contributed by atoms with Gasteiger partial charge in [0.05, 0.1) is 43.2 Å². The number of anilines is 2. The number of amides is 1.